The summed E-state index contributed by atoms with van der Waals surface area (Å²) in [7, 11) is -3.13. The second kappa shape index (κ2) is 7.26. The predicted octanol–water partition coefficient (Wildman–Crippen LogP) is 2.97. The summed E-state index contributed by atoms with van der Waals surface area (Å²) in [4.78, 5) is 4.31. The van der Waals surface area contributed by atoms with Crippen LogP contribution in [0.25, 0.3) is 10.8 Å². The lowest BCUT2D eigenvalue weighted by Gasteiger charge is -2.17. The molecular formula is C15H20ClN3O2S. The maximum atomic E-state index is 11.5. The number of hydrogen-bond donors (Lipinski definition) is 1. The number of sulfonamides is 1. The van der Waals surface area contributed by atoms with Crippen LogP contribution in [0.5, 0.6) is 0 Å². The van der Waals surface area contributed by atoms with Crippen molar-refractivity contribution < 1.29 is 8.42 Å². The van der Waals surface area contributed by atoms with Crippen molar-refractivity contribution >= 4 is 38.2 Å². The molecule has 0 saturated heterocycles. The fourth-order valence-corrected chi connectivity index (χ4v) is 3.47. The van der Waals surface area contributed by atoms with Crippen molar-refractivity contribution in [3.05, 3.63) is 35.5 Å². The first-order chi connectivity index (χ1) is 10.4. The topological polar surface area (TPSA) is 62.3 Å². The van der Waals surface area contributed by atoms with Gasteiger partial charge < -0.3 is 5.32 Å². The Morgan fingerprint density at radius 3 is 2.73 bits per heavy atom. The summed E-state index contributed by atoms with van der Waals surface area (Å²) in [6.07, 6.45) is 1.93. The van der Waals surface area contributed by atoms with Gasteiger partial charge in [0, 0.05) is 25.0 Å². The van der Waals surface area contributed by atoms with E-state index in [-0.39, 0.29) is 0 Å². The summed E-state index contributed by atoms with van der Waals surface area (Å²) in [6, 6.07) is 9.73. The molecule has 0 aliphatic heterocycles. The highest BCUT2D eigenvalue weighted by atomic mass is 35.5. The number of nitrogens with one attached hydrogen (secondary N) is 1. The molecule has 0 bridgehead atoms. The molecule has 1 aromatic carbocycles. The third-order valence-electron chi connectivity index (χ3n) is 3.41. The smallest absolute Gasteiger partial charge is 0.211 e. The summed E-state index contributed by atoms with van der Waals surface area (Å²) < 4.78 is 24.4. The summed E-state index contributed by atoms with van der Waals surface area (Å²) in [5.74, 6) is 0.700. The average molecular weight is 342 g/mol. The first-order valence-corrected chi connectivity index (χ1v) is 9.38. The lowest BCUT2D eigenvalue weighted by Crippen LogP contribution is -2.31. The van der Waals surface area contributed by atoms with E-state index in [2.05, 4.69) is 10.3 Å². The van der Waals surface area contributed by atoms with Crippen molar-refractivity contribution in [2.75, 3.05) is 31.2 Å². The summed E-state index contributed by atoms with van der Waals surface area (Å²) in [6.45, 7) is 3.44. The molecule has 120 valence electrons. The number of hydrogen-bond acceptors (Lipinski definition) is 4. The minimum atomic E-state index is -3.13. The average Bonchev–Trinajstić information content (AvgIpc) is 2.46. The Balaban J connectivity index is 1.95. The molecule has 7 heteroatoms. The Labute approximate surface area is 136 Å². The first-order valence-electron chi connectivity index (χ1n) is 7.16. The van der Waals surface area contributed by atoms with Gasteiger partial charge in [-0.15, -0.1) is 0 Å². The van der Waals surface area contributed by atoms with E-state index in [9.17, 15) is 8.42 Å². The molecule has 5 nitrogen and oxygen atoms in total. The molecule has 0 radical (unpaired) electrons. The van der Waals surface area contributed by atoms with E-state index < -0.39 is 10.0 Å². The predicted molar refractivity (Wildman–Crippen MR) is 92.0 cm³/mol. The molecular weight excluding hydrogens is 322 g/mol. The number of anilines is 1. The molecule has 0 saturated carbocycles. The van der Waals surface area contributed by atoms with Crippen molar-refractivity contribution in [3.63, 3.8) is 0 Å². The number of benzene rings is 1. The second-order valence-electron chi connectivity index (χ2n) is 5.05. The summed E-state index contributed by atoms with van der Waals surface area (Å²) >= 11 is 6.17. The van der Waals surface area contributed by atoms with Gasteiger partial charge in [-0.2, -0.15) is 0 Å². The van der Waals surface area contributed by atoms with Gasteiger partial charge in [-0.3, -0.25) is 0 Å². The van der Waals surface area contributed by atoms with Gasteiger partial charge in [0.1, 0.15) is 11.0 Å². The van der Waals surface area contributed by atoms with Crippen LogP contribution >= 0.6 is 11.6 Å². The quantitative estimate of drug-likeness (QED) is 0.621. The normalized spacial score (nSPS) is 12.0. The number of aromatic nitrogens is 1. The molecule has 2 aromatic rings. The van der Waals surface area contributed by atoms with Crippen molar-refractivity contribution in [2.45, 2.75) is 13.3 Å². The van der Waals surface area contributed by atoms with Crippen LogP contribution in [-0.2, 0) is 10.0 Å². The van der Waals surface area contributed by atoms with Crippen LogP contribution in [0.2, 0.25) is 5.15 Å². The molecule has 1 aromatic heterocycles. The molecule has 0 fully saturated rings. The molecule has 2 rings (SSSR count). The Kier molecular flexibility index (Phi) is 5.61. The van der Waals surface area contributed by atoms with E-state index in [4.69, 9.17) is 11.6 Å². The molecule has 22 heavy (non-hydrogen) atoms. The van der Waals surface area contributed by atoms with Gasteiger partial charge in [-0.25, -0.2) is 17.7 Å². The third-order valence-corrected chi connectivity index (χ3v) is 5.07. The van der Waals surface area contributed by atoms with Crippen LogP contribution in [0.3, 0.4) is 0 Å². The van der Waals surface area contributed by atoms with Crippen LogP contribution in [0.4, 0.5) is 5.82 Å². The van der Waals surface area contributed by atoms with Crippen LogP contribution in [0, 0.1) is 0 Å². The number of nitrogens with zero attached hydrogens (tertiary/aromatic N) is 2. The van der Waals surface area contributed by atoms with Gasteiger partial charge in [0.05, 0.1) is 6.26 Å². The Morgan fingerprint density at radius 1 is 1.32 bits per heavy atom. The number of fused-ring (bicyclic) bond motifs is 1. The van der Waals surface area contributed by atoms with E-state index in [0.717, 1.165) is 10.8 Å². The highest BCUT2D eigenvalue weighted by Gasteiger charge is 2.13. The second-order valence-corrected chi connectivity index (χ2v) is 7.39. The van der Waals surface area contributed by atoms with Crippen LogP contribution in [0.1, 0.15) is 13.3 Å². The monoisotopic (exact) mass is 341 g/mol. The van der Waals surface area contributed by atoms with E-state index in [0.29, 0.717) is 37.0 Å². The number of halogens is 1. The minimum absolute atomic E-state index is 0.465. The van der Waals surface area contributed by atoms with Gasteiger partial charge in [-0.1, -0.05) is 42.8 Å². The highest BCUT2D eigenvalue weighted by molar-refractivity contribution is 7.88. The number of rotatable bonds is 7. The van der Waals surface area contributed by atoms with Gasteiger partial charge >= 0.3 is 0 Å². The van der Waals surface area contributed by atoms with Gasteiger partial charge in [0.25, 0.3) is 0 Å². The van der Waals surface area contributed by atoms with Gasteiger partial charge in [-0.05, 0) is 17.9 Å². The summed E-state index contributed by atoms with van der Waals surface area (Å²) in [5.41, 5.74) is 0. The zero-order valence-corrected chi connectivity index (χ0v) is 14.3. The molecule has 0 spiro atoms. The molecule has 1 heterocycles. The van der Waals surface area contributed by atoms with E-state index >= 15 is 0 Å². The highest BCUT2D eigenvalue weighted by Crippen LogP contribution is 2.24. The molecule has 0 atom stereocenters. The molecule has 1 N–H and O–H groups in total. The molecule has 0 aliphatic rings. The third kappa shape index (κ3) is 4.32. The Morgan fingerprint density at radius 2 is 2.05 bits per heavy atom. The molecule has 0 aliphatic carbocycles. The molecule has 0 unspecified atom stereocenters. The van der Waals surface area contributed by atoms with Crippen molar-refractivity contribution in [3.8, 4) is 0 Å². The standard InChI is InChI=1S/C15H20ClN3O2S/c1-3-19(22(2,20)21)10-6-9-17-14-11-12-7-4-5-8-13(12)15(16)18-14/h4-5,7-8,11H,3,6,9-10H2,1-2H3,(H,17,18). The zero-order valence-electron chi connectivity index (χ0n) is 12.7. The van der Waals surface area contributed by atoms with Gasteiger partial charge in [0.2, 0.25) is 10.0 Å². The van der Waals surface area contributed by atoms with Crippen LogP contribution in [0.15, 0.2) is 30.3 Å². The maximum absolute atomic E-state index is 11.5. The fourth-order valence-electron chi connectivity index (χ4n) is 2.28. The van der Waals surface area contributed by atoms with Crippen molar-refractivity contribution in [2.24, 2.45) is 0 Å². The van der Waals surface area contributed by atoms with E-state index in [1.54, 1.807) is 0 Å². The maximum Gasteiger partial charge on any atom is 0.211 e. The largest absolute Gasteiger partial charge is 0.370 e. The summed E-state index contributed by atoms with van der Waals surface area (Å²) in [5, 5.41) is 5.60. The zero-order chi connectivity index (χ0) is 16.2. The van der Waals surface area contributed by atoms with E-state index in [1.807, 2.05) is 37.3 Å². The minimum Gasteiger partial charge on any atom is -0.370 e. The van der Waals surface area contributed by atoms with Crippen LogP contribution in [-0.4, -0.2) is 43.6 Å². The Hall–Kier alpha value is -1.37. The van der Waals surface area contributed by atoms with E-state index in [1.165, 1.54) is 10.6 Å². The first kappa shape index (κ1) is 17.0. The van der Waals surface area contributed by atoms with Gasteiger partial charge in [0.15, 0.2) is 0 Å². The Bertz CT molecular complexity index is 750. The molecule has 0 amide bonds. The van der Waals surface area contributed by atoms with Crippen molar-refractivity contribution in [1.29, 1.82) is 0 Å². The van der Waals surface area contributed by atoms with Crippen molar-refractivity contribution in [1.82, 2.24) is 9.29 Å². The lowest BCUT2D eigenvalue weighted by atomic mass is 10.2. The number of pyridine rings is 1. The lowest BCUT2D eigenvalue weighted by molar-refractivity contribution is 0.428. The fraction of sp³-hybridized carbons (Fsp3) is 0.400. The van der Waals surface area contributed by atoms with Crippen LogP contribution < -0.4 is 5.32 Å². The SMILES string of the molecule is CCN(CCCNc1cc2ccccc2c(Cl)n1)S(C)(=O)=O.